The number of rotatable bonds is 2. The Balaban J connectivity index is 1.58. The molecule has 1 saturated heterocycles. The smallest absolute Gasteiger partial charge is 0.381 e. The van der Waals surface area contributed by atoms with Crippen LogP contribution in [-0.4, -0.2) is 40.8 Å². The number of carbonyl (C=O) groups is 1. The maximum atomic E-state index is 12.7. The molecule has 0 bridgehead atoms. The minimum Gasteiger partial charge on any atom is -0.381 e. The molecule has 2 aliphatic rings. The summed E-state index contributed by atoms with van der Waals surface area (Å²) in [6, 6.07) is 4.95. The second kappa shape index (κ2) is 6.42. The van der Waals surface area contributed by atoms with E-state index in [2.05, 4.69) is 10.2 Å². The summed E-state index contributed by atoms with van der Waals surface area (Å²) in [6.45, 7) is 2.09. The van der Waals surface area contributed by atoms with Gasteiger partial charge in [0.25, 0.3) is 0 Å². The lowest BCUT2D eigenvalue weighted by molar-refractivity contribution is -0.138. The second-order valence-corrected chi connectivity index (χ2v) is 6.67. The third-order valence-corrected chi connectivity index (χ3v) is 5.01. The summed E-state index contributed by atoms with van der Waals surface area (Å²) >= 11 is 0. The predicted molar refractivity (Wildman–Crippen MR) is 87.1 cm³/mol. The summed E-state index contributed by atoms with van der Waals surface area (Å²) in [5, 5.41) is 7.25. The van der Waals surface area contributed by atoms with Crippen LogP contribution in [0.4, 0.5) is 13.2 Å². The summed E-state index contributed by atoms with van der Waals surface area (Å²) in [4.78, 5) is 14.4. The number of carbonyl (C=O) groups excluding carboxylic acids is 1. The van der Waals surface area contributed by atoms with Gasteiger partial charge in [-0.05, 0) is 18.6 Å². The van der Waals surface area contributed by atoms with Gasteiger partial charge >= 0.3 is 6.18 Å². The van der Waals surface area contributed by atoms with E-state index >= 15 is 0 Å². The fourth-order valence-corrected chi connectivity index (χ4v) is 3.53. The Morgan fingerprint density at radius 2 is 2.04 bits per heavy atom. The van der Waals surface area contributed by atoms with E-state index in [1.165, 1.54) is 12.1 Å². The average Bonchev–Trinajstić information content (AvgIpc) is 3.30. The van der Waals surface area contributed by atoms with Gasteiger partial charge in [-0.1, -0.05) is 12.1 Å². The molecule has 1 amide bonds. The van der Waals surface area contributed by atoms with E-state index in [9.17, 15) is 18.0 Å². The van der Waals surface area contributed by atoms with Gasteiger partial charge in [-0.15, -0.1) is 0 Å². The molecule has 5 nitrogen and oxygen atoms in total. The minimum atomic E-state index is -4.36. The van der Waals surface area contributed by atoms with Gasteiger partial charge in [0.05, 0.1) is 23.8 Å². The van der Waals surface area contributed by atoms with Gasteiger partial charge in [-0.3, -0.25) is 9.89 Å². The van der Waals surface area contributed by atoms with Crippen LogP contribution in [0.25, 0.3) is 11.3 Å². The number of nitrogens with zero attached hydrogens (tertiary/aromatic N) is 2. The van der Waals surface area contributed by atoms with Gasteiger partial charge < -0.3 is 9.64 Å². The van der Waals surface area contributed by atoms with E-state index in [4.69, 9.17) is 4.74 Å². The number of halogens is 3. The van der Waals surface area contributed by atoms with Gasteiger partial charge in [0, 0.05) is 42.9 Å². The molecule has 2 aromatic rings. The first-order valence-electron chi connectivity index (χ1n) is 8.54. The molecule has 4 rings (SSSR count). The molecule has 1 aromatic carbocycles. The number of aromatic nitrogens is 2. The summed E-state index contributed by atoms with van der Waals surface area (Å²) < 4.78 is 43.5. The molecular formula is C18H18F3N3O2. The molecule has 0 spiro atoms. The third-order valence-electron chi connectivity index (χ3n) is 5.01. The van der Waals surface area contributed by atoms with E-state index in [0.29, 0.717) is 44.0 Å². The molecular weight excluding hydrogens is 347 g/mol. The van der Waals surface area contributed by atoms with E-state index < -0.39 is 11.7 Å². The van der Waals surface area contributed by atoms with E-state index in [1.807, 2.05) is 0 Å². The third kappa shape index (κ3) is 3.09. The first-order valence-corrected chi connectivity index (χ1v) is 8.54. The van der Waals surface area contributed by atoms with Crippen LogP contribution in [0.15, 0.2) is 24.3 Å². The van der Waals surface area contributed by atoms with Crippen LogP contribution in [0.2, 0.25) is 0 Å². The number of aromatic amines is 1. The highest BCUT2D eigenvalue weighted by Gasteiger charge is 2.33. The van der Waals surface area contributed by atoms with Crippen LogP contribution in [0, 0.1) is 5.92 Å². The molecule has 2 aliphatic heterocycles. The van der Waals surface area contributed by atoms with Gasteiger partial charge in [-0.25, -0.2) is 0 Å². The van der Waals surface area contributed by atoms with Crippen LogP contribution in [0.5, 0.6) is 0 Å². The van der Waals surface area contributed by atoms with Crippen LogP contribution >= 0.6 is 0 Å². The van der Waals surface area contributed by atoms with Crippen molar-refractivity contribution in [2.75, 3.05) is 19.8 Å². The number of nitrogens with one attached hydrogen (secondary N) is 1. The van der Waals surface area contributed by atoms with Crippen molar-refractivity contribution in [3.05, 3.63) is 41.1 Å². The fraction of sp³-hybridized carbons (Fsp3) is 0.444. The zero-order valence-electron chi connectivity index (χ0n) is 14.0. The number of fused-ring (bicyclic) bond motifs is 1. The van der Waals surface area contributed by atoms with E-state index in [-0.39, 0.29) is 11.8 Å². The summed E-state index contributed by atoms with van der Waals surface area (Å²) in [5.74, 6) is -0.0225. The van der Waals surface area contributed by atoms with Crippen molar-refractivity contribution in [2.24, 2.45) is 5.92 Å². The lowest BCUT2D eigenvalue weighted by Gasteiger charge is -2.29. The first-order chi connectivity index (χ1) is 12.4. The largest absolute Gasteiger partial charge is 0.416 e. The van der Waals surface area contributed by atoms with Crippen LogP contribution in [0.3, 0.4) is 0 Å². The Kier molecular flexibility index (Phi) is 4.22. The number of amides is 1. The molecule has 1 aromatic heterocycles. The lowest BCUT2D eigenvalue weighted by atomic mass is 9.98. The predicted octanol–water partition coefficient (Wildman–Crippen LogP) is 3.02. The topological polar surface area (TPSA) is 58.2 Å². The van der Waals surface area contributed by atoms with Crippen molar-refractivity contribution in [3.8, 4) is 11.3 Å². The van der Waals surface area contributed by atoms with E-state index in [0.717, 1.165) is 29.8 Å². The molecule has 0 unspecified atom stereocenters. The molecule has 0 radical (unpaired) electrons. The number of benzene rings is 1. The Morgan fingerprint density at radius 3 is 2.69 bits per heavy atom. The minimum absolute atomic E-state index is 0.0766. The highest BCUT2D eigenvalue weighted by atomic mass is 19.4. The highest BCUT2D eigenvalue weighted by Crippen LogP contribution is 2.33. The normalized spacial score (nSPS) is 20.3. The molecule has 26 heavy (non-hydrogen) atoms. The molecule has 138 valence electrons. The monoisotopic (exact) mass is 365 g/mol. The molecule has 1 N–H and O–H groups in total. The highest BCUT2D eigenvalue weighted by molar-refractivity contribution is 5.80. The average molecular weight is 365 g/mol. The SMILES string of the molecule is O=C([C@H]1CCOC1)N1CCc2[nH]nc(-c3ccc(C(F)(F)F)cc3)c2C1. The first kappa shape index (κ1) is 17.1. The van der Waals surface area contributed by atoms with Crippen LogP contribution < -0.4 is 0 Å². The summed E-state index contributed by atoms with van der Waals surface area (Å²) in [6.07, 6.45) is -2.97. The molecule has 3 heterocycles. The molecule has 8 heteroatoms. The summed E-state index contributed by atoms with van der Waals surface area (Å²) in [5.41, 5.74) is 2.33. The summed E-state index contributed by atoms with van der Waals surface area (Å²) in [7, 11) is 0. The Labute approximate surface area is 148 Å². The van der Waals surface area contributed by atoms with Gasteiger partial charge in [0.1, 0.15) is 0 Å². The molecule has 0 aliphatic carbocycles. The Bertz CT molecular complexity index is 808. The lowest BCUT2D eigenvalue weighted by Crippen LogP contribution is -2.40. The van der Waals surface area contributed by atoms with Gasteiger partial charge in [-0.2, -0.15) is 18.3 Å². The number of hydrogen-bond donors (Lipinski definition) is 1. The van der Waals surface area contributed by atoms with Crippen molar-refractivity contribution in [1.82, 2.24) is 15.1 Å². The number of alkyl halides is 3. The molecule has 1 fully saturated rings. The maximum Gasteiger partial charge on any atom is 0.416 e. The number of H-pyrrole nitrogens is 1. The van der Waals surface area contributed by atoms with Crippen LogP contribution in [-0.2, 0) is 28.7 Å². The second-order valence-electron chi connectivity index (χ2n) is 6.67. The molecule has 1 atom stereocenters. The van der Waals surface area contributed by atoms with Crippen LogP contribution in [0.1, 0.15) is 23.2 Å². The quantitative estimate of drug-likeness (QED) is 0.890. The zero-order valence-corrected chi connectivity index (χ0v) is 14.0. The van der Waals surface area contributed by atoms with Gasteiger partial charge in [0.15, 0.2) is 0 Å². The fourth-order valence-electron chi connectivity index (χ4n) is 3.53. The number of ether oxygens (including phenoxy) is 1. The van der Waals surface area contributed by atoms with E-state index in [1.54, 1.807) is 4.90 Å². The maximum absolute atomic E-state index is 12.7. The van der Waals surface area contributed by atoms with Crippen molar-refractivity contribution >= 4 is 5.91 Å². The van der Waals surface area contributed by atoms with Crippen molar-refractivity contribution in [2.45, 2.75) is 25.6 Å². The molecule has 0 saturated carbocycles. The van der Waals surface area contributed by atoms with Gasteiger partial charge in [0.2, 0.25) is 5.91 Å². The van der Waals surface area contributed by atoms with Crippen molar-refractivity contribution in [1.29, 1.82) is 0 Å². The van der Waals surface area contributed by atoms with Crippen molar-refractivity contribution in [3.63, 3.8) is 0 Å². The van der Waals surface area contributed by atoms with Crippen molar-refractivity contribution < 1.29 is 22.7 Å². The zero-order chi connectivity index (χ0) is 18.3. The Morgan fingerprint density at radius 1 is 1.27 bits per heavy atom. The number of hydrogen-bond acceptors (Lipinski definition) is 3. The Hall–Kier alpha value is -2.35. The standard InChI is InChI=1S/C18H18F3N3O2/c19-18(20,21)13-3-1-11(2-4-13)16-14-9-24(7-5-15(14)22-23-16)17(25)12-6-8-26-10-12/h1-4,12H,5-10H2,(H,22,23)/t12-/m0/s1.